The molecule has 1 amide bonds. The van der Waals surface area contributed by atoms with E-state index in [4.69, 9.17) is 5.73 Å². The van der Waals surface area contributed by atoms with E-state index in [-0.39, 0.29) is 16.8 Å². The summed E-state index contributed by atoms with van der Waals surface area (Å²) in [6, 6.07) is 4.43. The lowest BCUT2D eigenvalue weighted by Crippen LogP contribution is -2.23. The summed E-state index contributed by atoms with van der Waals surface area (Å²) in [4.78, 5) is 11.2. The summed E-state index contributed by atoms with van der Waals surface area (Å²) >= 11 is 0. The van der Waals surface area contributed by atoms with Crippen LogP contribution in [0.4, 0.5) is 11.4 Å². The second kappa shape index (κ2) is 5.06. The highest BCUT2D eigenvalue weighted by molar-refractivity contribution is 7.89. The Labute approximate surface area is 111 Å². The summed E-state index contributed by atoms with van der Waals surface area (Å²) in [5.41, 5.74) is 6.78. The van der Waals surface area contributed by atoms with Gasteiger partial charge in [0, 0.05) is 13.0 Å². The van der Waals surface area contributed by atoms with Gasteiger partial charge in [-0.25, -0.2) is 13.1 Å². The SMILES string of the molecule is CNS(=O)(=O)c1ccc(NC2CNC(=O)C2)c(N)c1. The maximum absolute atomic E-state index is 11.6. The van der Waals surface area contributed by atoms with Gasteiger partial charge in [-0.2, -0.15) is 0 Å². The number of carbonyl (C=O) groups excluding carboxylic acids is 1. The number of amides is 1. The average molecular weight is 284 g/mol. The molecule has 5 N–H and O–H groups in total. The Kier molecular flexibility index (Phi) is 3.63. The zero-order chi connectivity index (χ0) is 14.0. The lowest BCUT2D eigenvalue weighted by Gasteiger charge is -2.15. The van der Waals surface area contributed by atoms with E-state index < -0.39 is 10.0 Å². The van der Waals surface area contributed by atoms with E-state index >= 15 is 0 Å². The van der Waals surface area contributed by atoms with Crippen LogP contribution in [0.2, 0.25) is 0 Å². The highest BCUT2D eigenvalue weighted by atomic mass is 32.2. The standard InChI is InChI=1S/C11H16N4O3S/c1-13-19(17,18)8-2-3-10(9(12)5-8)15-7-4-11(16)14-6-7/h2-3,5,7,13,15H,4,6,12H2,1H3,(H,14,16). The predicted molar refractivity (Wildman–Crippen MR) is 72.1 cm³/mol. The van der Waals surface area contributed by atoms with E-state index in [0.29, 0.717) is 24.3 Å². The molecule has 7 nitrogen and oxygen atoms in total. The van der Waals surface area contributed by atoms with Gasteiger partial charge in [-0.05, 0) is 25.2 Å². The van der Waals surface area contributed by atoms with E-state index in [2.05, 4.69) is 15.4 Å². The van der Waals surface area contributed by atoms with Crippen molar-refractivity contribution in [2.24, 2.45) is 0 Å². The highest BCUT2D eigenvalue weighted by Gasteiger charge is 2.22. The van der Waals surface area contributed by atoms with Crippen molar-refractivity contribution in [3.05, 3.63) is 18.2 Å². The number of sulfonamides is 1. The molecular weight excluding hydrogens is 268 g/mol. The number of benzene rings is 1. The molecule has 1 aromatic carbocycles. The van der Waals surface area contributed by atoms with Crippen molar-refractivity contribution in [2.75, 3.05) is 24.6 Å². The van der Waals surface area contributed by atoms with Crippen molar-refractivity contribution in [1.82, 2.24) is 10.0 Å². The third kappa shape index (κ3) is 2.96. The number of nitrogens with two attached hydrogens (primary N) is 1. The highest BCUT2D eigenvalue weighted by Crippen LogP contribution is 2.24. The van der Waals surface area contributed by atoms with Gasteiger partial charge in [0.2, 0.25) is 15.9 Å². The van der Waals surface area contributed by atoms with Gasteiger partial charge < -0.3 is 16.4 Å². The second-order valence-corrected chi connectivity index (χ2v) is 6.19. The Balaban J connectivity index is 2.18. The van der Waals surface area contributed by atoms with Crippen LogP contribution in [0.1, 0.15) is 6.42 Å². The lowest BCUT2D eigenvalue weighted by atomic mass is 10.2. The number of hydrogen-bond donors (Lipinski definition) is 4. The van der Waals surface area contributed by atoms with Gasteiger partial charge in [0.05, 0.1) is 22.3 Å². The summed E-state index contributed by atoms with van der Waals surface area (Å²) in [5.74, 6) is -0.00884. The van der Waals surface area contributed by atoms with Crippen LogP contribution in [-0.2, 0) is 14.8 Å². The van der Waals surface area contributed by atoms with E-state index in [9.17, 15) is 13.2 Å². The molecule has 1 fully saturated rings. The molecule has 0 aromatic heterocycles. The predicted octanol–water partition coefficient (Wildman–Crippen LogP) is -0.523. The third-order valence-electron chi connectivity index (χ3n) is 2.94. The van der Waals surface area contributed by atoms with Crippen LogP contribution >= 0.6 is 0 Å². The molecule has 1 unspecified atom stereocenters. The third-order valence-corrected chi connectivity index (χ3v) is 4.35. The lowest BCUT2D eigenvalue weighted by molar-refractivity contribution is -0.119. The molecule has 1 aliphatic heterocycles. The smallest absolute Gasteiger partial charge is 0.240 e. The van der Waals surface area contributed by atoms with Gasteiger partial charge in [0.15, 0.2) is 0 Å². The molecule has 19 heavy (non-hydrogen) atoms. The van der Waals surface area contributed by atoms with Crippen LogP contribution in [0.15, 0.2) is 23.1 Å². The largest absolute Gasteiger partial charge is 0.397 e. The molecule has 0 radical (unpaired) electrons. The first-order valence-corrected chi connectivity index (χ1v) is 7.27. The van der Waals surface area contributed by atoms with Crippen LogP contribution in [0.25, 0.3) is 0 Å². The molecule has 0 bridgehead atoms. The first-order chi connectivity index (χ1) is 8.92. The Bertz CT molecular complexity index is 600. The van der Waals surface area contributed by atoms with E-state index in [1.54, 1.807) is 6.07 Å². The first-order valence-electron chi connectivity index (χ1n) is 5.78. The van der Waals surface area contributed by atoms with Gasteiger partial charge in [-0.15, -0.1) is 0 Å². The molecule has 0 aliphatic carbocycles. The zero-order valence-electron chi connectivity index (χ0n) is 10.4. The fourth-order valence-corrected chi connectivity index (χ4v) is 2.65. The van der Waals surface area contributed by atoms with Gasteiger partial charge in [-0.1, -0.05) is 0 Å². The maximum Gasteiger partial charge on any atom is 0.240 e. The van der Waals surface area contributed by atoms with E-state index in [0.717, 1.165) is 0 Å². The van der Waals surface area contributed by atoms with Crippen LogP contribution in [0.3, 0.4) is 0 Å². The van der Waals surface area contributed by atoms with Crippen LogP contribution in [0, 0.1) is 0 Å². The minimum Gasteiger partial charge on any atom is -0.397 e. The number of hydrogen-bond acceptors (Lipinski definition) is 5. The van der Waals surface area contributed by atoms with Crippen molar-refractivity contribution in [1.29, 1.82) is 0 Å². The molecule has 0 saturated carbocycles. The first kappa shape index (κ1) is 13.6. The summed E-state index contributed by atoms with van der Waals surface area (Å²) in [7, 11) is -2.16. The van der Waals surface area contributed by atoms with Crippen LogP contribution < -0.4 is 21.1 Å². The Hall–Kier alpha value is -1.80. The summed E-state index contributed by atoms with van der Waals surface area (Å²) in [6.45, 7) is 0.537. The summed E-state index contributed by atoms with van der Waals surface area (Å²) in [5, 5.41) is 5.82. The van der Waals surface area contributed by atoms with E-state index in [1.165, 1.54) is 19.2 Å². The minimum absolute atomic E-state index is 0.00884. The van der Waals surface area contributed by atoms with Gasteiger partial charge >= 0.3 is 0 Å². The fraction of sp³-hybridized carbons (Fsp3) is 0.364. The number of nitrogen functional groups attached to an aromatic ring is 1. The average Bonchev–Trinajstić information content (AvgIpc) is 2.77. The molecule has 0 spiro atoms. The topological polar surface area (TPSA) is 113 Å². The summed E-state index contributed by atoms with van der Waals surface area (Å²) in [6.07, 6.45) is 0.385. The molecule has 1 heterocycles. The normalized spacial score (nSPS) is 19.2. The monoisotopic (exact) mass is 284 g/mol. The Morgan fingerprint density at radius 3 is 2.68 bits per heavy atom. The van der Waals surface area contributed by atoms with Gasteiger partial charge in [-0.3, -0.25) is 4.79 Å². The molecule has 2 rings (SSSR count). The number of anilines is 2. The molecule has 104 valence electrons. The Morgan fingerprint density at radius 1 is 1.42 bits per heavy atom. The summed E-state index contributed by atoms with van der Waals surface area (Å²) < 4.78 is 25.4. The van der Waals surface area contributed by atoms with Gasteiger partial charge in [0.1, 0.15) is 0 Å². The van der Waals surface area contributed by atoms with Crippen LogP contribution in [-0.4, -0.2) is 34.0 Å². The van der Waals surface area contributed by atoms with E-state index in [1.807, 2.05) is 0 Å². The fourth-order valence-electron chi connectivity index (χ4n) is 1.88. The second-order valence-electron chi connectivity index (χ2n) is 4.31. The van der Waals surface area contributed by atoms with Gasteiger partial charge in [0.25, 0.3) is 0 Å². The van der Waals surface area contributed by atoms with Crippen molar-refractivity contribution >= 4 is 27.3 Å². The maximum atomic E-state index is 11.6. The van der Waals surface area contributed by atoms with Crippen molar-refractivity contribution in [3.63, 3.8) is 0 Å². The molecule has 1 aromatic rings. The van der Waals surface area contributed by atoms with Crippen molar-refractivity contribution in [3.8, 4) is 0 Å². The molecule has 1 atom stereocenters. The zero-order valence-corrected chi connectivity index (χ0v) is 11.3. The Morgan fingerprint density at radius 2 is 2.16 bits per heavy atom. The quantitative estimate of drug-likeness (QED) is 0.555. The molecule has 8 heteroatoms. The number of nitrogens with one attached hydrogen (secondary N) is 3. The number of carbonyl (C=O) groups is 1. The van der Waals surface area contributed by atoms with Crippen LogP contribution in [0.5, 0.6) is 0 Å². The van der Waals surface area contributed by atoms with Crippen molar-refractivity contribution < 1.29 is 13.2 Å². The van der Waals surface area contributed by atoms with Crippen molar-refractivity contribution in [2.45, 2.75) is 17.4 Å². The molecule has 1 saturated heterocycles. The molecular formula is C11H16N4O3S. The molecule has 1 aliphatic rings. The number of rotatable bonds is 4. The minimum atomic E-state index is -3.50.